The summed E-state index contributed by atoms with van der Waals surface area (Å²) < 4.78 is 40.8. The average molecular weight is 387 g/mol. The Morgan fingerprint density at radius 3 is 2.50 bits per heavy atom. The summed E-state index contributed by atoms with van der Waals surface area (Å²) in [4.78, 5) is 12.1. The van der Waals surface area contributed by atoms with Crippen molar-refractivity contribution in [3.05, 3.63) is 70.9 Å². The predicted octanol–water partition coefficient (Wildman–Crippen LogP) is 5.75. The molecule has 6 heteroatoms. The lowest BCUT2D eigenvalue weighted by atomic mass is 9.80. The number of hydrogen-bond acceptors (Lipinski definition) is 1. The number of fused-ring (bicyclic) bond motifs is 1. The predicted molar refractivity (Wildman–Crippen MR) is 100 cm³/mol. The van der Waals surface area contributed by atoms with E-state index < -0.39 is 17.7 Å². The molecule has 1 fully saturated rings. The summed E-state index contributed by atoms with van der Waals surface area (Å²) >= 11 is 0. The first kappa shape index (κ1) is 18.6. The van der Waals surface area contributed by atoms with Crippen molar-refractivity contribution in [2.75, 3.05) is 0 Å². The molecule has 1 heterocycles. The third-order valence-electron chi connectivity index (χ3n) is 5.59. The maximum atomic E-state index is 13.1. The van der Waals surface area contributed by atoms with E-state index in [4.69, 9.17) is 0 Å². The van der Waals surface area contributed by atoms with Gasteiger partial charge in [0, 0.05) is 17.4 Å². The second-order valence-corrected chi connectivity index (χ2v) is 7.43. The molecule has 4 rings (SSSR count). The van der Waals surface area contributed by atoms with Gasteiger partial charge in [-0.05, 0) is 41.7 Å². The number of aromatic carboxylic acids is 1. The van der Waals surface area contributed by atoms with E-state index in [1.165, 1.54) is 6.07 Å². The summed E-state index contributed by atoms with van der Waals surface area (Å²) in [6.07, 6.45) is -0.397. The zero-order valence-electron chi connectivity index (χ0n) is 15.2. The van der Waals surface area contributed by atoms with Gasteiger partial charge in [-0.2, -0.15) is 13.2 Å². The second kappa shape index (κ2) is 7.00. The Hall–Kier alpha value is -2.76. The van der Waals surface area contributed by atoms with Crippen LogP contribution >= 0.6 is 0 Å². The van der Waals surface area contributed by atoms with Crippen molar-refractivity contribution in [2.24, 2.45) is 5.92 Å². The quantitative estimate of drug-likeness (QED) is 0.606. The molecule has 0 aliphatic heterocycles. The van der Waals surface area contributed by atoms with Gasteiger partial charge in [0.2, 0.25) is 0 Å². The molecule has 0 unspecified atom stereocenters. The zero-order chi connectivity index (χ0) is 19.9. The Morgan fingerprint density at radius 1 is 1.11 bits per heavy atom. The molecule has 0 spiro atoms. The Bertz CT molecular complexity index is 1030. The maximum Gasteiger partial charge on any atom is 0.416 e. The number of alkyl halides is 3. The first-order valence-electron chi connectivity index (χ1n) is 9.34. The molecule has 3 aromatic rings. The summed E-state index contributed by atoms with van der Waals surface area (Å²) in [5, 5.41) is 10.8. The number of nitrogens with zero attached hydrogens (tertiary/aromatic N) is 1. The average Bonchev–Trinajstić information content (AvgIpc) is 2.91. The van der Waals surface area contributed by atoms with E-state index in [0.29, 0.717) is 17.9 Å². The van der Waals surface area contributed by atoms with Crippen LogP contribution < -0.4 is 0 Å². The highest BCUT2D eigenvalue weighted by molar-refractivity contribution is 5.98. The van der Waals surface area contributed by atoms with Gasteiger partial charge in [-0.1, -0.05) is 49.6 Å². The Labute approximate surface area is 160 Å². The molecular weight excluding hydrogens is 367 g/mol. The lowest BCUT2D eigenvalue weighted by molar-refractivity contribution is -0.137. The first-order valence-corrected chi connectivity index (χ1v) is 9.34. The van der Waals surface area contributed by atoms with E-state index in [0.717, 1.165) is 47.9 Å². The van der Waals surface area contributed by atoms with Crippen LogP contribution in [0, 0.1) is 5.92 Å². The van der Waals surface area contributed by atoms with Gasteiger partial charge in [0.1, 0.15) is 5.69 Å². The minimum Gasteiger partial charge on any atom is -0.477 e. The monoisotopic (exact) mass is 387 g/mol. The van der Waals surface area contributed by atoms with Gasteiger partial charge >= 0.3 is 12.1 Å². The van der Waals surface area contributed by atoms with E-state index in [1.807, 2.05) is 24.3 Å². The van der Waals surface area contributed by atoms with Crippen LogP contribution in [0.2, 0.25) is 0 Å². The van der Waals surface area contributed by atoms with Crippen LogP contribution in [0.5, 0.6) is 0 Å². The fourth-order valence-electron chi connectivity index (χ4n) is 4.00. The van der Waals surface area contributed by atoms with E-state index >= 15 is 0 Å². The Kier molecular flexibility index (Phi) is 4.65. The van der Waals surface area contributed by atoms with Gasteiger partial charge in [0.05, 0.1) is 5.56 Å². The fourth-order valence-corrected chi connectivity index (χ4v) is 4.00. The van der Waals surface area contributed by atoms with Gasteiger partial charge in [0.25, 0.3) is 0 Å². The molecule has 1 aliphatic carbocycles. The van der Waals surface area contributed by atoms with Crippen molar-refractivity contribution in [3.63, 3.8) is 0 Å². The summed E-state index contributed by atoms with van der Waals surface area (Å²) in [6.45, 7) is 0.0801. The molecule has 0 radical (unpaired) electrons. The van der Waals surface area contributed by atoms with E-state index in [-0.39, 0.29) is 12.2 Å². The molecule has 146 valence electrons. The summed E-state index contributed by atoms with van der Waals surface area (Å²) in [7, 11) is 0. The third kappa shape index (κ3) is 3.39. The molecule has 0 atom stereocenters. The zero-order valence-corrected chi connectivity index (χ0v) is 15.2. The normalized spacial score (nSPS) is 15.0. The Morgan fingerprint density at radius 2 is 1.86 bits per heavy atom. The van der Waals surface area contributed by atoms with Crippen LogP contribution in [-0.4, -0.2) is 15.6 Å². The van der Waals surface area contributed by atoms with Gasteiger partial charge < -0.3 is 9.67 Å². The van der Waals surface area contributed by atoms with Crippen LogP contribution in [0.25, 0.3) is 10.9 Å². The van der Waals surface area contributed by atoms with Crippen LogP contribution in [-0.2, 0) is 19.1 Å². The SMILES string of the molecule is O=C(O)c1c(CC2CCC2)c2ccccc2n1Cc1cccc(C(F)(F)F)c1. The van der Waals surface area contributed by atoms with Gasteiger partial charge in [-0.3, -0.25) is 0 Å². The molecule has 3 nitrogen and oxygen atoms in total. The number of rotatable bonds is 5. The van der Waals surface area contributed by atoms with Crippen LogP contribution in [0.3, 0.4) is 0 Å². The maximum absolute atomic E-state index is 13.1. The van der Waals surface area contributed by atoms with Crippen LogP contribution in [0.4, 0.5) is 13.2 Å². The van der Waals surface area contributed by atoms with E-state index in [1.54, 1.807) is 10.6 Å². The number of halogens is 3. The van der Waals surface area contributed by atoms with Crippen LogP contribution in [0.15, 0.2) is 48.5 Å². The van der Waals surface area contributed by atoms with Crippen LogP contribution in [0.1, 0.15) is 46.4 Å². The molecule has 1 aliphatic rings. The van der Waals surface area contributed by atoms with E-state index in [2.05, 4.69) is 0 Å². The summed E-state index contributed by atoms with van der Waals surface area (Å²) in [6, 6.07) is 12.5. The van der Waals surface area contributed by atoms with Crippen molar-refractivity contribution in [3.8, 4) is 0 Å². The van der Waals surface area contributed by atoms with Crippen molar-refractivity contribution in [2.45, 2.75) is 38.4 Å². The number of para-hydroxylation sites is 1. The number of carboxylic acids is 1. The molecule has 0 bridgehead atoms. The molecule has 28 heavy (non-hydrogen) atoms. The minimum atomic E-state index is -4.43. The van der Waals surface area contributed by atoms with Gasteiger partial charge in [0.15, 0.2) is 0 Å². The van der Waals surface area contributed by atoms with Crippen molar-refractivity contribution in [1.82, 2.24) is 4.57 Å². The molecule has 0 amide bonds. The molecule has 2 aromatic carbocycles. The largest absolute Gasteiger partial charge is 0.477 e. The van der Waals surface area contributed by atoms with Crippen molar-refractivity contribution >= 4 is 16.9 Å². The van der Waals surface area contributed by atoms with E-state index in [9.17, 15) is 23.1 Å². The molecule has 1 aromatic heterocycles. The molecule has 1 saturated carbocycles. The topological polar surface area (TPSA) is 42.2 Å². The first-order chi connectivity index (χ1) is 13.3. The van der Waals surface area contributed by atoms with Gasteiger partial charge in [-0.15, -0.1) is 0 Å². The number of carbonyl (C=O) groups is 1. The summed E-state index contributed by atoms with van der Waals surface area (Å²) in [5.41, 5.74) is 1.42. The highest BCUT2D eigenvalue weighted by atomic mass is 19.4. The number of hydrogen-bond donors (Lipinski definition) is 1. The smallest absolute Gasteiger partial charge is 0.416 e. The standard InChI is InChI=1S/C22H20F3NO2/c23-22(24,25)16-8-4-7-15(11-16)13-26-19-10-2-1-9-17(19)18(20(26)21(27)28)12-14-5-3-6-14/h1-2,4,7-11,14H,3,5-6,12-13H2,(H,27,28). The summed E-state index contributed by atoms with van der Waals surface area (Å²) in [5.74, 6) is -0.566. The molecular formula is C22H20F3NO2. The molecule has 1 N–H and O–H groups in total. The van der Waals surface area contributed by atoms with Crippen molar-refractivity contribution in [1.29, 1.82) is 0 Å². The fraction of sp³-hybridized carbons (Fsp3) is 0.318. The highest BCUT2D eigenvalue weighted by Crippen LogP contribution is 2.36. The lowest BCUT2D eigenvalue weighted by Gasteiger charge is -2.25. The lowest BCUT2D eigenvalue weighted by Crippen LogP contribution is -2.17. The second-order valence-electron chi connectivity index (χ2n) is 7.43. The molecule has 0 saturated heterocycles. The Balaban J connectivity index is 1.82. The number of benzene rings is 2. The third-order valence-corrected chi connectivity index (χ3v) is 5.59. The van der Waals surface area contributed by atoms with Crippen molar-refractivity contribution < 1.29 is 23.1 Å². The minimum absolute atomic E-state index is 0.0801. The highest BCUT2D eigenvalue weighted by Gasteiger charge is 2.31. The number of aromatic nitrogens is 1. The number of carboxylic acid groups (broad SMARTS) is 1. The van der Waals surface area contributed by atoms with Gasteiger partial charge in [-0.25, -0.2) is 4.79 Å².